The summed E-state index contributed by atoms with van der Waals surface area (Å²) in [6, 6.07) is 3.74. The molecule has 13 heavy (non-hydrogen) atoms. The predicted molar refractivity (Wildman–Crippen MR) is 53.7 cm³/mol. The molecule has 0 heterocycles. The minimum atomic E-state index is 0.0253. The van der Waals surface area contributed by atoms with Crippen LogP contribution in [0.1, 0.15) is 16.7 Å². The van der Waals surface area contributed by atoms with Gasteiger partial charge in [0.05, 0.1) is 13.7 Å². The zero-order valence-electron chi connectivity index (χ0n) is 8.00. The average Bonchev–Trinajstić information content (AvgIpc) is 2.18. The molecule has 0 aliphatic rings. The second-order valence-corrected chi connectivity index (χ2v) is 2.87. The fourth-order valence-corrected chi connectivity index (χ4v) is 1.28. The maximum Gasteiger partial charge on any atom is 0.122 e. The standard InChI is InChI=1S/C11H14O2/c1-4-10-5-9(7-12)6-11(13-3)8(10)2/h4-6,12H,1,7H2,2-3H3. The summed E-state index contributed by atoms with van der Waals surface area (Å²) in [6.07, 6.45) is 1.76. The Balaban J connectivity index is 3.28. The summed E-state index contributed by atoms with van der Waals surface area (Å²) in [4.78, 5) is 0. The van der Waals surface area contributed by atoms with Crippen LogP contribution in [0.5, 0.6) is 5.75 Å². The molecule has 0 unspecified atom stereocenters. The van der Waals surface area contributed by atoms with Crippen molar-refractivity contribution in [2.75, 3.05) is 7.11 Å². The van der Waals surface area contributed by atoms with Crippen LogP contribution in [0.15, 0.2) is 18.7 Å². The summed E-state index contributed by atoms with van der Waals surface area (Å²) in [5, 5.41) is 8.98. The summed E-state index contributed by atoms with van der Waals surface area (Å²) in [5.41, 5.74) is 2.90. The molecule has 0 aromatic heterocycles. The normalized spacial score (nSPS) is 9.77. The van der Waals surface area contributed by atoms with Crippen LogP contribution in [-0.4, -0.2) is 12.2 Å². The maximum atomic E-state index is 8.98. The molecule has 2 nitrogen and oxygen atoms in total. The van der Waals surface area contributed by atoms with Crippen LogP contribution in [0, 0.1) is 6.92 Å². The first-order chi connectivity index (χ1) is 6.22. The number of hydrogen-bond acceptors (Lipinski definition) is 2. The van der Waals surface area contributed by atoms with Gasteiger partial charge in [-0.2, -0.15) is 0 Å². The molecule has 0 atom stereocenters. The molecule has 0 fully saturated rings. The Morgan fingerprint density at radius 1 is 1.54 bits per heavy atom. The summed E-state index contributed by atoms with van der Waals surface area (Å²) >= 11 is 0. The van der Waals surface area contributed by atoms with E-state index in [-0.39, 0.29) is 6.61 Å². The van der Waals surface area contributed by atoms with Crippen LogP contribution < -0.4 is 4.74 Å². The molecule has 0 amide bonds. The molecule has 0 bridgehead atoms. The summed E-state index contributed by atoms with van der Waals surface area (Å²) in [5.74, 6) is 0.793. The van der Waals surface area contributed by atoms with E-state index in [1.807, 2.05) is 19.1 Å². The van der Waals surface area contributed by atoms with E-state index in [4.69, 9.17) is 9.84 Å². The molecular formula is C11H14O2. The van der Waals surface area contributed by atoms with Crippen molar-refractivity contribution in [1.82, 2.24) is 0 Å². The van der Waals surface area contributed by atoms with E-state index in [2.05, 4.69) is 6.58 Å². The van der Waals surface area contributed by atoms with E-state index in [1.54, 1.807) is 13.2 Å². The molecule has 0 saturated carbocycles. The average molecular weight is 178 g/mol. The quantitative estimate of drug-likeness (QED) is 0.768. The van der Waals surface area contributed by atoms with Gasteiger partial charge >= 0.3 is 0 Å². The van der Waals surface area contributed by atoms with Gasteiger partial charge in [0.15, 0.2) is 0 Å². The highest BCUT2D eigenvalue weighted by Crippen LogP contribution is 2.24. The van der Waals surface area contributed by atoms with Crippen molar-refractivity contribution < 1.29 is 9.84 Å². The number of benzene rings is 1. The topological polar surface area (TPSA) is 29.5 Å². The van der Waals surface area contributed by atoms with Gasteiger partial charge in [0, 0.05) is 0 Å². The molecule has 1 rings (SSSR count). The fraction of sp³-hybridized carbons (Fsp3) is 0.273. The minimum absolute atomic E-state index is 0.0253. The zero-order chi connectivity index (χ0) is 9.84. The molecule has 70 valence electrons. The second kappa shape index (κ2) is 4.10. The molecule has 2 heteroatoms. The molecule has 1 aromatic rings. The third-order valence-corrected chi connectivity index (χ3v) is 2.08. The van der Waals surface area contributed by atoms with Crippen LogP contribution in [0.25, 0.3) is 6.08 Å². The Kier molecular flexibility index (Phi) is 3.09. The van der Waals surface area contributed by atoms with Gasteiger partial charge in [0.25, 0.3) is 0 Å². The van der Waals surface area contributed by atoms with Crippen molar-refractivity contribution in [1.29, 1.82) is 0 Å². The van der Waals surface area contributed by atoms with Crippen LogP contribution in [0.4, 0.5) is 0 Å². The Hall–Kier alpha value is -1.28. The van der Waals surface area contributed by atoms with Crippen molar-refractivity contribution in [2.24, 2.45) is 0 Å². The summed E-state index contributed by atoms with van der Waals surface area (Å²) in [7, 11) is 1.62. The lowest BCUT2D eigenvalue weighted by Crippen LogP contribution is -1.93. The fourth-order valence-electron chi connectivity index (χ4n) is 1.28. The molecule has 0 radical (unpaired) electrons. The van der Waals surface area contributed by atoms with Gasteiger partial charge in [-0.15, -0.1) is 0 Å². The van der Waals surface area contributed by atoms with Gasteiger partial charge < -0.3 is 9.84 Å². The van der Waals surface area contributed by atoms with E-state index in [1.165, 1.54) is 0 Å². The van der Waals surface area contributed by atoms with Gasteiger partial charge in [-0.25, -0.2) is 0 Å². The number of methoxy groups -OCH3 is 1. The predicted octanol–water partition coefficient (Wildman–Crippen LogP) is 2.14. The van der Waals surface area contributed by atoms with Crippen LogP contribution in [-0.2, 0) is 6.61 Å². The summed E-state index contributed by atoms with van der Waals surface area (Å²) in [6.45, 7) is 5.70. The number of aliphatic hydroxyl groups is 1. The Labute approximate surface area is 78.5 Å². The summed E-state index contributed by atoms with van der Waals surface area (Å²) < 4.78 is 5.17. The van der Waals surface area contributed by atoms with Crippen LogP contribution in [0.3, 0.4) is 0 Å². The minimum Gasteiger partial charge on any atom is -0.496 e. The third kappa shape index (κ3) is 1.90. The highest BCUT2D eigenvalue weighted by atomic mass is 16.5. The van der Waals surface area contributed by atoms with Crippen LogP contribution >= 0.6 is 0 Å². The highest BCUT2D eigenvalue weighted by Gasteiger charge is 2.04. The van der Waals surface area contributed by atoms with Gasteiger partial charge in [-0.1, -0.05) is 12.7 Å². The second-order valence-electron chi connectivity index (χ2n) is 2.87. The van der Waals surface area contributed by atoms with Crippen LogP contribution in [0.2, 0.25) is 0 Å². The van der Waals surface area contributed by atoms with Crippen molar-refractivity contribution in [3.63, 3.8) is 0 Å². The van der Waals surface area contributed by atoms with Gasteiger partial charge in [0.2, 0.25) is 0 Å². The molecule has 0 aliphatic heterocycles. The van der Waals surface area contributed by atoms with Crippen molar-refractivity contribution in [3.8, 4) is 5.75 Å². The lowest BCUT2D eigenvalue weighted by atomic mass is 10.0. The van der Waals surface area contributed by atoms with Gasteiger partial charge in [-0.3, -0.25) is 0 Å². The monoisotopic (exact) mass is 178 g/mol. The third-order valence-electron chi connectivity index (χ3n) is 2.08. The first kappa shape index (κ1) is 9.81. The number of hydrogen-bond donors (Lipinski definition) is 1. The molecule has 1 N–H and O–H groups in total. The van der Waals surface area contributed by atoms with Gasteiger partial charge in [0.1, 0.15) is 5.75 Å². The Bertz CT molecular complexity index is 316. The first-order valence-electron chi connectivity index (χ1n) is 4.13. The van der Waals surface area contributed by atoms with E-state index >= 15 is 0 Å². The van der Waals surface area contributed by atoms with E-state index in [0.717, 1.165) is 22.4 Å². The molecule has 0 saturated heterocycles. The molecule has 0 aliphatic carbocycles. The van der Waals surface area contributed by atoms with Crippen molar-refractivity contribution in [2.45, 2.75) is 13.5 Å². The Morgan fingerprint density at radius 3 is 2.69 bits per heavy atom. The van der Waals surface area contributed by atoms with Crippen molar-refractivity contribution in [3.05, 3.63) is 35.4 Å². The van der Waals surface area contributed by atoms with E-state index in [0.29, 0.717) is 0 Å². The lowest BCUT2D eigenvalue weighted by Gasteiger charge is -2.09. The smallest absolute Gasteiger partial charge is 0.122 e. The van der Waals surface area contributed by atoms with Gasteiger partial charge in [-0.05, 0) is 35.7 Å². The first-order valence-corrected chi connectivity index (χ1v) is 4.13. The van der Waals surface area contributed by atoms with E-state index < -0.39 is 0 Å². The molecule has 0 spiro atoms. The SMILES string of the molecule is C=Cc1cc(CO)cc(OC)c1C. The van der Waals surface area contributed by atoms with Crippen molar-refractivity contribution >= 4 is 6.08 Å². The highest BCUT2D eigenvalue weighted by molar-refractivity contribution is 5.57. The number of rotatable bonds is 3. The van der Waals surface area contributed by atoms with E-state index in [9.17, 15) is 0 Å². The zero-order valence-corrected chi connectivity index (χ0v) is 8.00. The maximum absolute atomic E-state index is 8.98. The Morgan fingerprint density at radius 2 is 2.23 bits per heavy atom. The number of ether oxygens (including phenoxy) is 1. The number of aliphatic hydroxyl groups excluding tert-OH is 1. The molecular weight excluding hydrogens is 164 g/mol. The lowest BCUT2D eigenvalue weighted by molar-refractivity contribution is 0.281. The largest absolute Gasteiger partial charge is 0.496 e. The molecule has 1 aromatic carbocycles.